The van der Waals surface area contributed by atoms with E-state index in [0.717, 1.165) is 28.6 Å². The van der Waals surface area contributed by atoms with Crippen LogP contribution in [-0.2, 0) is 10.8 Å². The number of fused-ring (bicyclic) bond motifs is 11. The van der Waals surface area contributed by atoms with E-state index in [1.807, 2.05) is 12.1 Å². The molecule has 0 atom stereocenters. The monoisotopic (exact) mass is 539 g/mol. The van der Waals surface area contributed by atoms with Crippen LogP contribution in [0.25, 0.3) is 11.1 Å². The molecule has 3 aliphatic rings. The van der Waals surface area contributed by atoms with E-state index in [1.54, 1.807) is 0 Å². The number of rotatable bonds is 1. The van der Waals surface area contributed by atoms with Gasteiger partial charge in [0.2, 0.25) is 0 Å². The van der Waals surface area contributed by atoms with E-state index >= 15 is 0 Å². The Kier molecular flexibility index (Phi) is 4.63. The summed E-state index contributed by atoms with van der Waals surface area (Å²) in [6.45, 7) is 4.76. The Bertz CT molecular complexity index is 1980. The van der Waals surface area contributed by atoms with E-state index in [-0.39, 0.29) is 5.41 Å². The lowest BCUT2D eigenvalue weighted by Gasteiger charge is -2.47. The first-order valence-corrected chi connectivity index (χ1v) is 14.7. The molecule has 6 aromatic carbocycles. The van der Waals surface area contributed by atoms with Gasteiger partial charge in [0.05, 0.1) is 16.8 Å². The van der Waals surface area contributed by atoms with Gasteiger partial charge in [0.25, 0.3) is 0 Å². The van der Waals surface area contributed by atoms with Crippen molar-refractivity contribution in [1.29, 1.82) is 0 Å². The first-order valence-electron chi connectivity index (χ1n) is 14.7. The molecular weight excluding hydrogens is 510 g/mol. The van der Waals surface area contributed by atoms with Gasteiger partial charge < -0.3 is 9.64 Å². The highest BCUT2D eigenvalue weighted by atomic mass is 16.5. The van der Waals surface area contributed by atoms with Crippen molar-refractivity contribution >= 4 is 17.1 Å². The Morgan fingerprint density at radius 1 is 0.452 bits per heavy atom. The van der Waals surface area contributed by atoms with Crippen molar-refractivity contribution in [2.45, 2.75) is 24.7 Å². The number of ether oxygens (including phenoxy) is 1. The van der Waals surface area contributed by atoms with Gasteiger partial charge in [-0.05, 0) is 80.9 Å². The molecule has 0 aromatic heterocycles. The summed E-state index contributed by atoms with van der Waals surface area (Å²) in [6.07, 6.45) is 0. The highest BCUT2D eigenvalue weighted by Crippen LogP contribution is 2.63. The molecule has 0 unspecified atom stereocenters. The lowest BCUT2D eigenvalue weighted by atomic mass is 9.55. The summed E-state index contributed by atoms with van der Waals surface area (Å²) >= 11 is 0. The summed E-state index contributed by atoms with van der Waals surface area (Å²) in [5.41, 5.74) is 13.5. The van der Waals surface area contributed by atoms with Gasteiger partial charge in [0, 0.05) is 11.1 Å². The highest BCUT2D eigenvalue weighted by Gasteiger charge is 2.53. The molecule has 2 nitrogen and oxygen atoms in total. The Morgan fingerprint density at radius 3 is 1.55 bits per heavy atom. The van der Waals surface area contributed by atoms with E-state index in [2.05, 4.69) is 146 Å². The average Bonchev–Trinajstić information content (AvgIpc) is 3.34. The highest BCUT2D eigenvalue weighted by molar-refractivity contribution is 5.91. The minimum Gasteiger partial charge on any atom is -0.453 e. The molecular formula is C40H29NO. The molecule has 6 aromatic rings. The fourth-order valence-electron chi connectivity index (χ4n) is 7.97. The standard InChI is InChI=1S/C40H29NO/c1-39(2)31-17-7-8-18-33(31)40(29-15-5-3-13-27(29)28-14-4-6-16-30(28)40)34-25-26(23-24-32(34)39)41-35-19-9-11-21-37(35)42-38-22-12-10-20-36(38)41/h3-25H,1-2H3. The largest absolute Gasteiger partial charge is 0.453 e. The second-order valence-electron chi connectivity index (χ2n) is 12.1. The zero-order valence-corrected chi connectivity index (χ0v) is 23.6. The SMILES string of the molecule is CC1(C)c2ccccc2C2(c3ccccc3-c3ccccc32)c2cc(N3c4ccccc4Oc4ccccc43)ccc21. The van der Waals surface area contributed by atoms with Gasteiger partial charge >= 0.3 is 0 Å². The van der Waals surface area contributed by atoms with Gasteiger partial charge in [-0.1, -0.05) is 117 Å². The van der Waals surface area contributed by atoms with Crippen molar-refractivity contribution < 1.29 is 4.74 Å². The van der Waals surface area contributed by atoms with Crippen molar-refractivity contribution in [3.63, 3.8) is 0 Å². The van der Waals surface area contributed by atoms with Crippen LogP contribution in [-0.4, -0.2) is 0 Å². The second-order valence-corrected chi connectivity index (χ2v) is 12.1. The van der Waals surface area contributed by atoms with E-state index in [0.29, 0.717) is 0 Å². The summed E-state index contributed by atoms with van der Waals surface area (Å²) in [7, 11) is 0. The average molecular weight is 540 g/mol. The van der Waals surface area contributed by atoms with Gasteiger partial charge in [0.15, 0.2) is 11.5 Å². The molecule has 0 saturated heterocycles. The van der Waals surface area contributed by atoms with Crippen molar-refractivity contribution in [1.82, 2.24) is 0 Å². The summed E-state index contributed by atoms with van der Waals surface area (Å²) in [6, 6.07) is 51.0. The zero-order chi connectivity index (χ0) is 28.1. The number of para-hydroxylation sites is 4. The minimum absolute atomic E-state index is 0.164. The van der Waals surface area contributed by atoms with Crippen molar-refractivity contribution in [3.05, 3.63) is 173 Å². The molecule has 2 aliphatic carbocycles. The number of anilines is 3. The van der Waals surface area contributed by atoms with Crippen LogP contribution in [0.15, 0.2) is 140 Å². The molecule has 0 fully saturated rings. The molecule has 200 valence electrons. The van der Waals surface area contributed by atoms with Crippen LogP contribution in [0.4, 0.5) is 17.1 Å². The second kappa shape index (κ2) is 8.24. The third-order valence-corrected chi connectivity index (χ3v) is 9.73. The molecule has 2 heteroatoms. The van der Waals surface area contributed by atoms with E-state index < -0.39 is 5.41 Å². The predicted molar refractivity (Wildman–Crippen MR) is 171 cm³/mol. The van der Waals surface area contributed by atoms with Crippen LogP contribution in [0.2, 0.25) is 0 Å². The molecule has 1 heterocycles. The molecule has 0 amide bonds. The summed E-state index contributed by atoms with van der Waals surface area (Å²) in [5, 5.41) is 0. The van der Waals surface area contributed by atoms with Crippen LogP contribution in [0.1, 0.15) is 47.2 Å². The Morgan fingerprint density at radius 2 is 0.929 bits per heavy atom. The van der Waals surface area contributed by atoms with Gasteiger partial charge in [-0.15, -0.1) is 0 Å². The van der Waals surface area contributed by atoms with Crippen molar-refractivity contribution in [2.24, 2.45) is 0 Å². The van der Waals surface area contributed by atoms with Gasteiger partial charge in [-0.3, -0.25) is 0 Å². The maximum absolute atomic E-state index is 6.37. The summed E-state index contributed by atoms with van der Waals surface area (Å²) < 4.78 is 6.37. The minimum atomic E-state index is -0.421. The fourth-order valence-corrected chi connectivity index (χ4v) is 7.97. The van der Waals surface area contributed by atoms with Crippen molar-refractivity contribution in [3.8, 4) is 22.6 Å². The Balaban J connectivity index is 1.41. The first kappa shape index (κ1) is 23.6. The maximum atomic E-state index is 6.37. The van der Waals surface area contributed by atoms with Gasteiger partial charge in [-0.25, -0.2) is 0 Å². The van der Waals surface area contributed by atoms with Crippen molar-refractivity contribution in [2.75, 3.05) is 4.90 Å². The first-order chi connectivity index (χ1) is 20.6. The molecule has 42 heavy (non-hydrogen) atoms. The van der Waals surface area contributed by atoms with Gasteiger partial charge in [0.1, 0.15) is 0 Å². The smallest absolute Gasteiger partial charge is 0.151 e. The molecule has 1 spiro atoms. The summed E-state index contributed by atoms with van der Waals surface area (Å²) in [4.78, 5) is 2.36. The molecule has 0 radical (unpaired) electrons. The van der Waals surface area contributed by atoms with E-state index in [9.17, 15) is 0 Å². The third kappa shape index (κ3) is 2.84. The molecule has 0 bridgehead atoms. The predicted octanol–water partition coefficient (Wildman–Crippen LogP) is 10.3. The lowest BCUT2D eigenvalue weighted by Crippen LogP contribution is -2.40. The molecule has 1 aliphatic heterocycles. The van der Waals surface area contributed by atoms with E-state index in [1.165, 1.54) is 44.5 Å². The topological polar surface area (TPSA) is 12.5 Å². The fraction of sp³-hybridized carbons (Fsp3) is 0.100. The van der Waals surface area contributed by atoms with E-state index in [4.69, 9.17) is 4.74 Å². The number of hydrogen-bond donors (Lipinski definition) is 0. The zero-order valence-electron chi connectivity index (χ0n) is 23.6. The number of hydrogen-bond acceptors (Lipinski definition) is 2. The number of nitrogens with zero attached hydrogens (tertiary/aromatic N) is 1. The maximum Gasteiger partial charge on any atom is 0.151 e. The lowest BCUT2D eigenvalue weighted by molar-refractivity contribution is 0.477. The summed E-state index contributed by atoms with van der Waals surface area (Å²) in [5.74, 6) is 1.73. The number of benzene rings is 6. The van der Waals surface area contributed by atoms with Gasteiger partial charge in [-0.2, -0.15) is 0 Å². The Labute approximate surface area is 246 Å². The van der Waals surface area contributed by atoms with Crippen LogP contribution in [0, 0.1) is 0 Å². The quantitative estimate of drug-likeness (QED) is 0.206. The van der Waals surface area contributed by atoms with Crippen LogP contribution in [0.5, 0.6) is 11.5 Å². The molecule has 0 saturated carbocycles. The van der Waals surface area contributed by atoms with Crippen LogP contribution >= 0.6 is 0 Å². The molecule has 9 rings (SSSR count). The van der Waals surface area contributed by atoms with Crippen LogP contribution in [0.3, 0.4) is 0 Å². The Hall–Kier alpha value is -5.08. The van der Waals surface area contributed by atoms with Crippen LogP contribution < -0.4 is 9.64 Å². The third-order valence-electron chi connectivity index (χ3n) is 9.73. The molecule has 0 N–H and O–H groups in total. The normalized spacial score (nSPS) is 15.9.